The summed E-state index contributed by atoms with van der Waals surface area (Å²) >= 11 is 0. The van der Waals surface area contributed by atoms with E-state index in [0.29, 0.717) is 226 Å². The number of anilines is 5. The van der Waals surface area contributed by atoms with Crippen molar-refractivity contribution in [3.63, 3.8) is 0 Å². The van der Waals surface area contributed by atoms with Gasteiger partial charge in [0.15, 0.2) is 0 Å². The summed E-state index contributed by atoms with van der Waals surface area (Å²) in [5.74, 6) is 0.556. The van der Waals surface area contributed by atoms with E-state index < -0.39 is 23.3 Å². The van der Waals surface area contributed by atoms with Crippen LogP contribution in [0.15, 0.2) is 213 Å². The number of morpholine rings is 3. The second-order valence-corrected chi connectivity index (χ2v) is 36.7. The number of carbonyl (C=O) groups is 5. The quantitative estimate of drug-likeness (QED) is 0.0178. The Balaban J connectivity index is 0.000000177. The van der Waals surface area contributed by atoms with Crippen LogP contribution in [-0.4, -0.2) is 255 Å². The molecular formula is C113H140F4N20O11. The van der Waals surface area contributed by atoms with Crippen molar-refractivity contribution in [3.8, 4) is 56.3 Å². The number of nitrogens with one attached hydrogen (secondary N) is 5. The Bertz CT molecular complexity index is 6230. The van der Waals surface area contributed by atoms with Crippen molar-refractivity contribution in [3.05, 3.63) is 281 Å². The maximum absolute atomic E-state index is 14.8. The van der Waals surface area contributed by atoms with Crippen LogP contribution >= 0.6 is 0 Å². The highest BCUT2D eigenvalue weighted by atomic mass is 19.1. The molecule has 35 heteroatoms. The number of hydrogen-bond donors (Lipinski definition) is 5. The Morgan fingerprint density at radius 1 is 0.399 bits per heavy atom. The number of benzene rings is 7. The van der Waals surface area contributed by atoms with Crippen LogP contribution in [0.1, 0.15) is 176 Å². The number of rotatable bonds is 37. The number of hydrogen-bond acceptors (Lipinski definition) is 26. The third kappa shape index (κ3) is 32.6. The summed E-state index contributed by atoms with van der Waals surface area (Å²) in [5, 5.41) is 15.3. The van der Waals surface area contributed by atoms with Gasteiger partial charge in [-0.15, -0.1) is 0 Å². The molecule has 148 heavy (non-hydrogen) atoms. The van der Waals surface area contributed by atoms with Gasteiger partial charge in [0.1, 0.15) is 23.3 Å². The first-order valence-corrected chi connectivity index (χ1v) is 51.1. The van der Waals surface area contributed by atoms with E-state index in [9.17, 15) is 41.5 Å². The Hall–Kier alpha value is -14.2. The number of methoxy groups -OCH3 is 3. The summed E-state index contributed by atoms with van der Waals surface area (Å²) in [5.41, 5.74) is 8.74. The third-order valence-electron chi connectivity index (χ3n) is 25.7. The van der Waals surface area contributed by atoms with Crippen LogP contribution in [-0.2, 0) is 41.5 Å². The number of carbonyl (C=O) groups excluding carboxylic acids is 5. The van der Waals surface area contributed by atoms with Gasteiger partial charge in [-0.1, -0.05) is 171 Å². The molecule has 2 saturated carbocycles. The maximum Gasteiger partial charge on any atom is 0.258 e. The molecule has 0 radical (unpaired) electrons. The lowest BCUT2D eigenvalue weighted by Gasteiger charge is -2.29. The zero-order valence-electron chi connectivity index (χ0n) is 85.6. The molecule has 3 saturated heterocycles. The van der Waals surface area contributed by atoms with Gasteiger partial charge in [0.2, 0.25) is 29.7 Å². The molecule has 7 aromatic carbocycles. The molecule has 5 N–H and O–H groups in total. The van der Waals surface area contributed by atoms with E-state index in [1.54, 1.807) is 110 Å². The number of halogens is 4. The van der Waals surface area contributed by atoms with Gasteiger partial charge < -0.3 is 79.5 Å². The fraction of sp³-hybridized carbons (Fsp3) is 0.407. The second-order valence-electron chi connectivity index (χ2n) is 36.7. The van der Waals surface area contributed by atoms with Crippen LogP contribution in [0.25, 0.3) is 56.3 Å². The smallest absolute Gasteiger partial charge is 0.258 e. The Labute approximate surface area is 867 Å². The average Bonchev–Trinajstić information content (AvgIpc) is 0.785. The number of ether oxygens (including phenoxy) is 6. The van der Waals surface area contributed by atoms with Crippen LogP contribution in [0, 0.1) is 42.0 Å². The van der Waals surface area contributed by atoms with Crippen molar-refractivity contribution in [1.82, 2.24) is 75.6 Å². The van der Waals surface area contributed by atoms with E-state index in [4.69, 9.17) is 28.4 Å². The molecule has 0 atom stereocenters. The van der Waals surface area contributed by atoms with Crippen molar-refractivity contribution in [2.24, 2.45) is 11.8 Å². The molecule has 12 aromatic rings. The predicted octanol–water partition coefficient (Wildman–Crippen LogP) is 18.6. The highest BCUT2D eigenvalue weighted by Crippen LogP contribution is 2.35. The van der Waals surface area contributed by atoms with Crippen LogP contribution in [0.3, 0.4) is 0 Å². The largest absolute Gasteiger partial charge is 0.385 e. The number of amides is 5. The molecule has 31 nitrogen and oxygen atoms in total. The van der Waals surface area contributed by atoms with Crippen LogP contribution in [0.2, 0.25) is 0 Å². The number of aryl methyl sites for hydroxylation is 1. The minimum absolute atomic E-state index is 0. The molecule has 5 fully saturated rings. The molecule has 3 aliphatic heterocycles. The van der Waals surface area contributed by atoms with Crippen LogP contribution in [0.4, 0.5) is 47.3 Å². The normalized spacial score (nSPS) is 14.2. The van der Waals surface area contributed by atoms with E-state index in [1.165, 1.54) is 100 Å². The van der Waals surface area contributed by atoms with Crippen molar-refractivity contribution in [2.45, 2.75) is 130 Å². The van der Waals surface area contributed by atoms with Crippen molar-refractivity contribution >= 4 is 59.3 Å². The van der Waals surface area contributed by atoms with E-state index in [2.05, 4.69) is 82.5 Å². The zero-order chi connectivity index (χ0) is 104. The minimum Gasteiger partial charge on any atom is -0.385 e. The summed E-state index contributed by atoms with van der Waals surface area (Å²) < 4.78 is 89.6. The number of nitrogens with zero attached hydrogens (tertiary/aromatic N) is 15. The van der Waals surface area contributed by atoms with E-state index in [-0.39, 0.29) is 83.2 Å². The first kappa shape index (κ1) is 111. The molecule has 2 aliphatic carbocycles. The van der Waals surface area contributed by atoms with Crippen LogP contribution in [0.5, 0.6) is 0 Å². The first-order chi connectivity index (χ1) is 72.3. The zero-order valence-corrected chi connectivity index (χ0v) is 85.6. The number of aromatic nitrogens is 10. The molecule has 8 heterocycles. The van der Waals surface area contributed by atoms with E-state index in [1.807, 2.05) is 121 Å². The summed E-state index contributed by atoms with van der Waals surface area (Å²) in [6, 6.07) is 53.0. The predicted molar refractivity (Wildman–Crippen MR) is 570 cm³/mol. The van der Waals surface area contributed by atoms with Gasteiger partial charge in [0.05, 0.1) is 95.9 Å². The van der Waals surface area contributed by atoms with Gasteiger partial charge in [-0.2, -0.15) is 0 Å². The molecule has 786 valence electrons. The molecule has 0 unspecified atom stereocenters. The monoisotopic (exact) mass is 2030 g/mol. The van der Waals surface area contributed by atoms with Gasteiger partial charge in [0.25, 0.3) is 29.5 Å². The Morgan fingerprint density at radius 2 is 0.743 bits per heavy atom. The van der Waals surface area contributed by atoms with Crippen molar-refractivity contribution in [2.75, 3.05) is 185 Å². The molecule has 5 aliphatic rings. The molecular weight excluding hydrogens is 1890 g/mol. The molecule has 0 spiro atoms. The van der Waals surface area contributed by atoms with Gasteiger partial charge >= 0.3 is 0 Å². The van der Waals surface area contributed by atoms with E-state index >= 15 is 0 Å². The third-order valence-corrected chi connectivity index (χ3v) is 25.7. The van der Waals surface area contributed by atoms with Gasteiger partial charge in [-0.3, -0.25) is 24.0 Å². The molecule has 5 amide bonds. The van der Waals surface area contributed by atoms with Gasteiger partial charge in [-0.25, -0.2) is 67.4 Å². The summed E-state index contributed by atoms with van der Waals surface area (Å²) in [6.45, 7) is 21.7. The van der Waals surface area contributed by atoms with Crippen molar-refractivity contribution < 1.29 is 72.8 Å². The first-order valence-electron chi connectivity index (χ1n) is 51.1. The standard InChI is InChI=1S/C25H27FN4O2.C24H27FN4O2.C23H32N4O2.C22H27FN4O2.C19H23FN4O3.2H2/c1-18(2)30(17-19-8-4-3-5-9-19)24(31)21-16-27-25(29-12-14-32-15-13-29)28-23(21)20-10-6-7-11-22(20)26;1-3-29(17-18-10-5-4-6-11-18)23(30)20-16-27-24(26-14-9-15-31-2)28-22(20)19-12-7-8-13-21(19)25;1-17-8-6-11-19(14-17)21-20(16-26-23(27-21)24-12-7-13-29-2)22(28)25-15-18-9-4-3-5-10-18;23-19-9-5-4-8-17(19)20-18(21(28)24-14-16-6-2-1-3-7-16)15-25-22(26-20)27-10-12-29-13-11-27;1-26-10-4-7-21-18(25)15-13-22-19(24-8-11-27-12-9-24)23-17(15)14-5-2-3-6-16(14)20;;/h3-11,16,18H,12-15,17H2,1-2H3;4-8,10-13,16H,3,9,14-15,17H2,1-2H3,(H,26,27,28);6,8,11,14,16,18H,3-5,7,9-10,12-13,15H2,1-2H3,(H,25,28)(H,24,26,27);4-5,8-9,15-16H,1-3,6-7,10-14H2,(H,24,28);2-3,5-6,13H,4,7-12H2,1H3,(H,21,25);2*1H. The van der Waals surface area contributed by atoms with Crippen LogP contribution < -0.4 is 41.3 Å². The van der Waals surface area contributed by atoms with E-state index in [0.717, 1.165) is 54.5 Å². The average molecular weight is 2030 g/mol. The Morgan fingerprint density at radius 3 is 1.14 bits per heavy atom. The molecule has 17 rings (SSSR count). The second kappa shape index (κ2) is 58.9. The molecule has 0 bridgehead atoms. The summed E-state index contributed by atoms with van der Waals surface area (Å²) in [6.07, 6.45) is 22.2. The minimum atomic E-state index is -0.438. The maximum atomic E-state index is 14.8. The van der Waals surface area contributed by atoms with Crippen molar-refractivity contribution in [1.29, 1.82) is 0 Å². The van der Waals surface area contributed by atoms with Gasteiger partial charge in [-0.05, 0) is 150 Å². The SMILES string of the molecule is CC(C)N(Cc1ccccc1)C(=O)c1cnc(N2CCOCC2)nc1-c1ccccc1F.CCN(Cc1ccccc1)C(=O)c1cnc(NCCCOC)nc1-c1ccccc1F.COCCCNC(=O)c1cnc(N2CCOCC2)nc1-c1ccccc1F.COCCCNc1ncc(C(=O)NCC2CCCCC2)c(-c2cccc(C)c2)n1.O=C(NCC1CCCCC1)c1cnc(N2CCOCC2)nc1-c1ccccc1F.[HH].[HH]. The lowest BCUT2D eigenvalue weighted by Crippen LogP contribution is -2.38. The topological polar surface area (TPSA) is 346 Å². The molecule has 5 aromatic heterocycles. The lowest BCUT2D eigenvalue weighted by atomic mass is 9.89. The highest BCUT2D eigenvalue weighted by Gasteiger charge is 2.32. The Kier molecular flexibility index (Phi) is 44.2. The lowest BCUT2D eigenvalue weighted by molar-refractivity contribution is 0.0688. The fourth-order valence-corrected chi connectivity index (χ4v) is 17.6. The summed E-state index contributed by atoms with van der Waals surface area (Å²) in [7, 11) is 4.94. The van der Waals surface area contributed by atoms with Gasteiger partial charge in [0, 0.05) is 200 Å². The fourth-order valence-electron chi connectivity index (χ4n) is 17.6. The summed E-state index contributed by atoms with van der Waals surface area (Å²) in [4.78, 5) is 120. The highest BCUT2D eigenvalue weighted by molar-refractivity contribution is 6.03.